The molecule has 5 nitrogen and oxygen atoms in total. The van der Waals surface area contributed by atoms with Gasteiger partial charge in [-0.05, 0) is 69.8 Å². The van der Waals surface area contributed by atoms with Crippen molar-refractivity contribution in [3.05, 3.63) is 28.8 Å². The van der Waals surface area contributed by atoms with Crippen LogP contribution in [0.3, 0.4) is 0 Å². The molecular weight excluding hydrogens is 388 g/mol. The summed E-state index contributed by atoms with van der Waals surface area (Å²) in [6, 6.07) is 5.64. The number of carbonyl (C=O) groups excluding carboxylic acids is 1. The van der Waals surface area contributed by atoms with Crippen molar-refractivity contribution < 1.29 is 14.6 Å². The number of benzene rings is 1. The van der Waals surface area contributed by atoms with E-state index in [4.69, 9.17) is 16.3 Å². The van der Waals surface area contributed by atoms with E-state index in [0.717, 1.165) is 31.6 Å². The van der Waals surface area contributed by atoms with E-state index in [1.807, 2.05) is 30.0 Å². The van der Waals surface area contributed by atoms with Gasteiger partial charge in [-0.3, -0.25) is 4.79 Å². The van der Waals surface area contributed by atoms with Gasteiger partial charge in [0.25, 0.3) is 0 Å². The molecule has 0 aliphatic carbocycles. The summed E-state index contributed by atoms with van der Waals surface area (Å²) in [7, 11) is 0. The molecule has 1 unspecified atom stereocenters. The van der Waals surface area contributed by atoms with Crippen molar-refractivity contribution >= 4 is 17.5 Å². The minimum atomic E-state index is -0.924. The summed E-state index contributed by atoms with van der Waals surface area (Å²) in [6.07, 6.45) is 7.64. The molecule has 0 aromatic heterocycles. The molecule has 1 N–H and O–H groups in total. The molecular formula is C23H35ClN2O3. The highest BCUT2D eigenvalue weighted by Gasteiger charge is 2.32. The van der Waals surface area contributed by atoms with Gasteiger partial charge < -0.3 is 19.6 Å². The van der Waals surface area contributed by atoms with Crippen LogP contribution in [0.5, 0.6) is 5.75 Å². The molecule has 29 heavy (non-hydrogen) atoms. The van der Waals surface area contributed by atoms with E-state index in [0.29, 0.717) is 43.1 Å². The highest BCUT2D eigenvalue weighted by Crippen LogP contribution is 2.29. The highest BCUT2D eigenvalue weighted by atomic mass is 35.5. The van der Waals surface area contributed by atoms with Crippen LogP contribution in [0, 0.1) is 6.92 Å². The van der Waals surface area contributed by atoms with E-state index >= 15 is 0 Å². The summed E-state index contributed by atoms with van der Waals surface area (Å²) in [4.78, 5) is 17.1. The van der Waals surface area contributed by atoms with Crippen LogP contribution in [0.4, 0.5) is 0 Å². The number of amides is 1. The Balaban J connectivity index is 1.47. The molecule has 0 saturated carbocycles. The summed E-state index contributed by atoms with van der Waals surface area (Å²) >= 11 is 6.20. The topological polar surface area (TPSA) is 53.0 Å². The minimum absolute atomic E-state index is 0.200. The third-order valence-electron chi connectivity index (χ3n) is 6.19. The van der Waals surface area contributed by atoms with Gasteiger partial charge in [0, 0.05) is 26.1 Å². The zero-order valence-corrected chi connectivity index (χ0v) is 18.4. The van der Waals surface area contributed by atoms with Gasteiger partial charge in [-0.15, -0.1) is 0 Å². The lowest BCUT2D eigenvalue weighted by molar-refractivity contribution is -0.131. The third-order valence-corrected chi connectivity index (χ3v) is 6.51. The predicted molar refractivity (Wildman–Crippen MR) is 117 cm³/mol. The Kier molecular flexibility index (Phi) is 8.22. The first-order chi connectivity index (χ1) is 14.0. The van der Waals surface area contributed by atoms with Crippen LogP contribution in [0.25, 0.3) is 0 Å². The Morgan fingerprint density at radius 2 is 1.86 bits per heavy atom. The molecule has 1 amide bonds. The second-order valence-corrected chi connectivity index (χ2v) is 9.09. The van der Waals surface area contributed by atoms with E-state index in [9.17, 15) is 9.90 Å². The standard InChI is InChI=1S/C23H35ClN2O3/c1-19-7-8-20(24)21(17-19)29-18-23(28)10-6-14-26(16-11-23)22(27)9-15-25-12-4-2-3-5-13-25/h7-8,17,28H,2-6,9-16,18H2,1H3. The number of aliphatic hydroxyl groups is 1. The molecule has 2 aliphatic rings. The molecule has 2 fully saturated rings. The Bertz CT molecular complexity index is 676. The second kappa shape index (κ2) is 10.6. The zero-order chi connectivity index (χ0) is 20.7. The monoisotopic (exact) mass is 422 g/mol. The van der Waals surface area contributed by atoms with Gasteiger partial charge in [0.2, 0.25) is 5.91 Å². The number of nitrogens with zero attached hydrogens (tertiary/aromatic N) is 2. The lowest BCUT2D eigenvalue weighted by Gasteiger charge is -2.27. The average Bonchev–Trinajstić information content (AvgIpc) is 3.08. The summed E-state index contributed by atoms with van der Waals surface area (Å²) in [5, 5.41) is 11.6. The first-order valence-electron chi connectivity index (χ1n) is 11.1. The highest BCUT2D eigenvalue weighted by molar-refractivity contribution is 6.32. The predicted octanol–water partition coefficient (Wildman–Crippen LogP) is 4.04. The lowest BCUT2D eigenvalue weighted by atomic mass is 9.96. The lowest BCUT2D eigenvalue weighted by Crippen LogP contribution is -2.39. The summed E-state index contributed by atoms with van der Waals surface area (Å²) < 4.78 is 5.86. The number of rotatable bonds is 6. The molecule has 1 aromatic rings. The first kappa shape index (κ1) is 22.4. The van der Waals surface area contributed by atoms with E-state index in [2.05, 4.69) is 4.90 Å². The van der Waals surface area contributed by atoms with Crippen molar-refractivity contribution in [3.63, 3.8) is 0 Å². The third kappa shape index (κ3) is 6.87. The molecule has 0 spiro atoms. The number of halogens is 1. The second-order valence-electron chi connectivity index (χ2n) is 8.69. The smallest absolute Gasteiger partial charge is 0.223 e. The van der Waals surface area contributed by atoms with Crippen molar-refractivity contribution in [2.24, 2.45) is 0 Å². The molecule has 6 heteroatoms. The summed E-state index contributed by atoms with van der Waals surface area (Å²) in [6.45, 7) is 6.57. The van der Waals surface area contributed by atoms with Crippen molar-refractivity contribution in [2.45, 2.75) is 63.9 Å². The molecule has 1 atom stereocenters. The van der Waals surface area contributed by atoms with Crippen molar-refractivity contribution in [1.29, 1.82) is 0 Å². The number of aryl methyl sites for hydroxylation is 1. The van der Waals surface area contributed by atoms with Gasteiger partial charge in [0.15, 0.2) is 0 Å². The SMILES string of the molecule is Cc1ccc(Cl)c(OCC2(O)CCCN(C(=O)CCN3CCCCCC3)CC2)c1. The molecule has 3 rings (SSSR count). The molecule has 0 radical (unpaired) electrons. The van der Waals surface area contributed by atoms with Crippen LogP contribution < -0.4 is 4.74 Å². The fourth-order valence-electron chi connectivity index (χ4n) is 4.28. The van der Waals surface area contributed by atoms with E-state index < -0.39 is 5.60 Å². The number of hydrogen-bond donors (Lipinski definition) is 1. The fraction of sp³-hybridized carbons (Fsp3) is 0.696. The Morgan fingerprint density at radius 3 is 2.62 bits per heavy atom. The Labute approximate surface area is 180 Å². The largest absolute Gasteiger partial charge is 0.489 e. The van der Waals surface area contributed by atoms with Gasteiger partial charge >= 0.3 is 0 Å². The maximum absolute atomic E-state index is 12.7. The molecule has 2 aliphatic heterocycles. The molecule has 2 saturated heterocycles. The normalized spacial score (nSPS) is 24.0. The Morgan fingerprint density at radius 1 is 1.10 bits per heavy atom. The van der Waals surface area contributed by atoms with Gasteiger partial charge in [-0.25, -0.2) is 0 Å². The number of hydrogen-bond acceptors (Lipinski definition) is 4. The zero-order valence-electron chi connectivity index (χ0n) is 17.7. The van der Waals surface area contributed by atoms with Crippen LogP contribution in [0.2, 0.25) is 5.02 Å². The molecule has 0 bridgehead atoms. The van der Waals surface area contributed by atoms with Crippen LogP contribution in [-0.4, -0.2) is 65.7 Å². The first-order valence-corrected chi connectivity index (χ1v) is 11.4. The molecule has 2 heterocycles. The van der Waals surface area contributed by atoms with Crippen LogP contribution >= 0.6 is 11.6 Å². The van der Waals surface area contributed by atoms with Gasteiger partial charge in [0.05, 0.1) is 5.02 Å². The Hall–Kier alpha value is -1.30. The summed E-state index contributed by atoms with van der Waals surface area (Å²) in [5.74, 6) is 0.816. The molecule has 162 valence electrons. The van der Waals surface area contributed by atoms with Crippen molar-refractivity contribution in [3.8, 4) is 5.75 Å². The minimum Gasteiger partial charge on any atom is -0.489 e. The van der Waals surface area contributed by atoms with Gasteiger partial charge in [0.1, 0.15) is 18.0 Å². The summed E-state index contributed by atoms with van der Waals surface area (Å²) in [5.41, 5.74) is 0.144. The van der Waals surface area contributed by atoms with Crippen molar-refractivity contribution in [2.75, 3.05) is 39.3 Å². The number of carbonyl (C=O) groups is 1. The van der Waals surface area contributed by atoms with E-state index in [-0.39, 0.29) is 12.5 Å². The maximum atomic E-state index is 12.7. The fourth-order valence-corrected chi connectivity index (χ4v) is 4.45. The van der Waals surface area contributed by atoms with Crippen LogP contribution in [0.1, 0.15) is 56.9 Å². The van der Waals surface area contributed by atoms with Crippen LogP contribution in [0.15, 0.2) is 18.2 Å². The molecule has 1 aromatic carbocycles. The number of ether oxygens (including phenoxy) is 1. The van der Waals surface area contributed by atoms with Gasteiger partial charge in [-0.1, -0.05) is 30.5 Å². The van der Waals surface area contributed by atoms with Crippen molar-refractivity contribution in [1.82, 2.24) is 9.80 Å². The number of likely N-dealkylation sites (tertiary alicyclic amines) is 2. The van der Waals surface area contributed by atoms with Crippen LogP contribution in [-0.2, 0) is 4.79 Å². The van der Waals surface area contributed by atoms with E-state index in [1.54, 1.807) is 0 Å². The van der Waals surface area contributed by atoms with E-state index in [1.165, 1.54) is 25.7 Å². The quantitative estimate of drug-likeness (QED) is 0.751. The van der Waals surface area contributed by atoms with Gasteiger partial charge in [-0.2, -0.15) is 0 Å². The maximum Gasteiger partial charge on any atom is 0.223 e. The average molecular weight is 423 g/mol.